The molecule has 0 saturated carbocycles. The van der Waals surface area contributed by atoms with Crippen LogP contribution in [0, 0.1) is 0 Å². The number of hydrogen-bond acceptors (Lipinski definition) is 8. The molecule has 0 spiro atoms. The Labute approximate surface area is 283 Å². The van der Waals surface area contributed by atoms with Gasteiger partial charge in [-0.2, -0.15) is 0 Å². The van der Waals surface area contributed by atoms with Crippen LogP contribution in [0.3, 0.4) is 0 Å². The van der Waals surface area contributed by atoms with E-state index in [0.717, 1.165) is 18.4 Å². The molecule has 1 unspecified atom stereocenters. The molecule has 0 radical (unpaired) electrons. The molecule has 1 aliphatic carbocycles. The summed E-state index contributed by atoms with van der Waals surface area (Å²) in [6.07, 6.45) is 3.73. The number of rotatable bonds is 18. The van der Waals surface area contributed by atoms with Gasteiger partial charge in [-0.1, -0.05) is 42.5 Å². The molecule has 1 aliphatic rings. The van der Waals surface area contributed by atoms with Crippen LogP contribution in [0.15, 0.2) is 71.0 Å². The Morgan fingerprint density at radius 1 is 0.854 bits per heavy atom. The van der Waals surface area contributed by atoms with Gasteiger partial charge in [-0.15, -0.1) is 11.3 Å². The first-order valence-corrected chi connectivity index (χ1v) is 16.9. The summed E-state index contributed by atoms with van der Waals surface area (Å²) >= 11 is 1.24. The lowest BCUT2D eigenvalue weighted by atomic mass is 10.0. The van der Waals surface area contributed by atoms with Crippen LogP contribution in [0.1, 0.15) is 77.0 Å². The van der Waals surface area contributed by atoms with Gasteiger partial charge in [-0.3, -0.25) is 24.2 Å². The van der Waals surface area contributed by atoms with Gasteiger partial charge in [0.2, 0.25) is 17.7 Å². The molecule has 0 fully saturated rings. The molecule has 48 heavy (non-hydrogen) atoms. The van der Waals surface area contributed by atoms with Gasteiger partial charge in [0.15, 0.2) is 5.96 Å². The van der Waals surface area contributed by atoms with Crippen LogP contribution in [0.5, 0.6) is 5.75 Å². The third-order valence-corrected chi connectivity index (χ3v) is 8.90. The molecule has 2 aromatic carbocycles. The highest BCUT2D eigenvalue weighted by Gasteiger charge is 2.30. The van der Waals surface area contributed by atoms with E-state index in [1.54, 1.807) is 41.8 Å². The van der Waals surface area contributed by atoms with Crippen LogP contribution in [0.4, 0.5) is 0 Å². The molecule has 0 bridgehead atoms. The maximum absolute atomic E-state index is 13.6. The zero-order chi connectivity index (χ0) is 34.5. The zero-order valence-electron chi connectivity index (χ0n) is 26.7. The van der Waals surface area contributed by atoms with Crippen molar-refractivity contribution in [3.8, 4) is 5.75 Å². The molecule has 0 saturated heterocycles. The van der Waals surface area contributed by atoms with E-state index < -0.39 is 41.8 Å². The van der Waals surface area contributed by atoms with Crippen LogP contribution < -0.4 is 43.6 Å². The minimum Gasteiger partial charge on any atom is -0.486 e. The van der Waals surface area contributed by atoms with E-state index >= 15 is 0 Å². The van der Waals surface area contributed by atoms with Crippen molar-refractivity contribution in [2.24, 2.45) is 27.9 Å². The fourth-order valence-corrected chi connectivity index (χ4v) is 6.18. The van der Waals surface area contributed by atoms with E-state index in [-0.39, 0.29) is 31.4 Å². The highest BCUT2D eigenvalue weighted by Crippen LogP contribution is 2.35. The number of nitrogens with two attached hydrogens (primary N) is 4. The average Bonchev–Trinajstić information content (AvgIpc) is 3.76. The van der Waals surface area contributed by atoms with Gasteiger partial charge in [0.05, 0.1) is 4.88 Å². The maximum Gasteiger partial charge on any atom is 0.261 e. The predicted molar refractivity (Wildman–Crippen MR) is 185 cm³/mol. The number of carbonyl (C=O) groups excluding carboxylic acids is 4. The number of carbonyl (C=O) groups is 4. The Morgan fingerprint density at radius 2 is 1.56 bits per heavy atom. The van der Waals surface area contributed by atoms with E-state index in [4.69, 9.17) is 27.7 Å². The largest absolute Gasteiger partial charge is 0.486 e. The van der Waals surface area contributed by atoms with Crippen molar-refractivity contribution >= 4 is 40.9 Å². The highest BCUT2D eigenvalue weighted by atomic mass is 32.1. The highest BCUT2D eigenvalue weighted by molar-refractivity contribution is 7.12. The summed E-state index contributed by atoms with van der Waals surface area (Å²) < 4.78 is 6.23. The fraction of sp³-hybridized carbons (Fsp3) is 0.382. The number of guanidine groups is 1. The Bertz CT molecular complexity index is 1560. The maximum atomic E-state index is 13.6. The molecule has 4 rings (SSSR count). The summed E-state index contributed by atoms with van der Waals surface area (Å²) in [5.41, 5.74) is 25.1. The summed E-state index contributed by atoms with van der Waals surface area (Å²) in [4.78, 5) is 57.0. The van der Waals surface area contributed by atoms with E-state index in [2.05, 4.69) is 33.1 Å². The van der Waals surface area contributed by atoms with Gasteiger partial charge in [0.25, 0.3) is 5.91 Å². The number of fused-ring (bicyclic) bond motifs is 1. The number of hydrogen-bond donors (Lipinski definition) is 7. The second kappa shape index (κ2) is 17.8. The van der Waals surface area contributed by atoms with Crippen LogP contribution in [-0.2, 0) is 20.8 Å². The number of benzene rings is 2. The predicted octanol–water partition coefficient (Wildman–Crippen LogP) is 1.92. The first-order valence-electron chi connectivity index (χ1n) is 16.0. The van der Waals surface area contributed by atoms with Crippen molar-refractivity contribution in [2.75, 3.05) is 13.1 Å². The minimum absolute atomic E-state index is 0.0676. The second-order valence-corrected chi connectivity index (χ2v) is 12.5. The smallest absolute Gasteiger partial charge is 0.261 e. The topological polar surface area (TPSA) is 230 Å². The molecular weight excluding hydrogens is 632 g/mol. The van der Waals surface area contributed by atoms with Gasteiger partial charge in [0, 0.05) is 6.54 Å². The summed E-state index contributed by atoms with van der Waals surface area (Å²) in [5, 5.41) is 9.98. The SMILES string of the molecule is NCCCC[C@H](NC(=O)[C@H](CCCN=C(N)N)NC(=O)c1cccs1)C(=O)N[C@H](C(N)=O)c1ccc(OC2CCc3ccccc32)cc1. The number of thiophene rings is 1. The lowest BCUT2D eigenvalue weighted by molar-refractivity contribution is -0.132. The van der Waals surface area contributed by atoms with E-state index in [0.29, 0.717) is 42.0 Å². The molecule has 13 nitrogen and oxygen atoms in total. The number of amides is 4. The van der Waals surface area contributed by atoms with Crippen molar-refractivity contribution in [2.45, 2.75) is 69.2 Å². The van der Waals surface area contributed by atoms with Crippen LogP contribution in [0.2, 0.25) is 0 Å². The van der Waals surface area contributed by atoms with Gasteiger partial charge >= 0.3 is 0 Å². The van der Waals surface area contributed by atoms with Crippen LogP contribution >= 0.6 is 11.3 Å². The Hall–Kier alpha value is -4.95. The lowest BCUT2D eigenvalue weighted by Crippen LogP contribution is -2.54. The average molecular weight is 677 g/mol. The third-order valence-electron chi connectivity index (χ3n) is 8.03. The Morgan fingerprint density at radius 3 is 2.25 bits per heavy atom. The van der Waals surface area contributed by atoms with Gasteiger partial charge in [-0.25, -0.2) is 0 Å². The zero-order valence-corrected chi connectivity index (χ0v) is 27.5. The normalized spacial score (nSPS) is 15.3. The van der Waals surface area contributed by atoms with Crippen molar-refractivity contribution in [3.05, 3.63) is 87.6 Å². The van der Waals surface area contributed by atoms with Crippen LogP contribution in [-0.4, -0.2) is 54.8 Å². The molecule has 14 heteroatoms. The Kier molecular flexibility index (Phi) is 13.3. The number of nitrogens with one attached hydrogen (secondary N) is 3. The molecule has 1 heterocycles. The number of ether oxygens (including phenoxy) is 1. The minimum atomic E-state index is -1.17. The standard InChI is InChI=1S/C34H44N8O5S/c35-18-4-3-9-25(40-31(44)26(10-5-19-39-34(37)38)41-33(46)28-11-6-20-48-28)32(45)42-29(30(36)43)22-12-15-23(16-13-22)47-27-17-14-21-7-1-2-8-24(21)27/h1-2,6-8,11-13,15-16,20,25-27,29H,3-5,9-10,14,17-19,35H2,(H2,36,43)(H,40,44)(H,41,46)(H,42,45)(H4,37,38,39)/t25-,26-,27?,29-/m0/s1. The quantitative estimate of drug-likeness (QED) is 0.0596. The Balaban J connectivity index is 1.44. The fourth-order valence-electron chi connectivity index (χ4n) is 5.55. The molecule has 11 N–H and O–H groups in total. The number of unbranched alkanes of at least 4 members (excludes halogenated alkanes) is 1. The molecule has 256 valence electrons. The monoisotopic (exact) mass is 676 g/mol. The van der Waals surface area contributed by atoms with E-state index in [1.807, 2.05) is 12.1 Å². The third kappa shape index (κ3) is 10.3. The molecule has 4 atom stereocenters. The first-order chi connectivity index (χ1) is 23.2. The molecule has 4 amide bonds. The number of primary amides is 1. The van der Waals surface area contributed by atoms with E-state index in [1.165, 1.54) is 16.9 Å². The summed E-state index contributed by atoms with van der Waals surface area (Å²) in [7, 11) is 0. The van der Waals surface area contributed by atoms with Gasteiger partial charge < -0.3 is 43.6 Å². The number of aryl methyl sites for hydroxylation is 1. The summed E-state index contributed by atoms with van der Waals surface area (Å²) in [6, 6.07) is 15.2. The molecule has 3 aromatic rings. The first kappa shape index (κ1) is 35.9. The van der Waals surface area contributed by atoms with Crippen molar-refractivity contribution in [1.82, 2.24) is 16.0 Å². The number of nitrogens with zero attached hydrogens (tertiary/aromatic N) is 1. The number of aliphatic imine (C=N–C) groups is 1. The van der Waals surface area contributed by atoms with Gasteiger partial charge in [-0.05, 0) is 91.8 Å². The summed E-state index contributed by atoms with van der Waals surface area (Å²) in [5.74, 6) is -1.82. The summed E-state index contributed by atoms with van der Waals surface area (Å²) in [6.45, 7) is 0.650. The van der Waals surface area contributed by atoms with E-state index in [9.17, 15) is 19.2 Å². The molecule has 1 aromatic heterocycles. The van der Waals surface area contributed by atoms with Crippen LogP contribution in [0.25, 0.3) is 0 Å². The van der Waals surface area contributed by atoms with Crippen molar-refractivity contribution < 1.29 is 23.9 Å². The van der Waals surface area contributed by atoms with Gasteiger partial charge in [0.1, 0.15) is 30.0 Å². The molecule has 0 aliphatic heterocycles. The van der Waals surface area contributed by atoms with Crippen molar-refractivity contribution in [1.29, 1.82) is 0 Å². The lowest BCUT2D eigenvalue weighted by Gasteiger charge is -2.25. The van der Waals surface area contributed by atoms with Crippen molar-refractivity contribution in [3.63, 3.8) is 0 Å². The second-order valence-electron chi connectivity index (χ2n) is 11.6. The molecular formula is C34H44N8O5S.